The van der Waals surface area contributed by atoms with Crippen molar-refractivity contribution in [2.75, 3.05) is 14.2 Å². The first-order chi connectivity index (χ1) is 11.8. The van der Waals surface area contributed by atoms with Crippen LogP contribution in [-0.2, 0) is 15.2 Å². The number of benzene rings is 2. The molecule has 1 amide bonds. The second-order valence-electron chi connectivity index (χ2n) is 5.50. The predicted molar refractivity (Wildman–Crippen MR) is 86.6 cm³/mol. The number of ether oxygens (including phenoxy) is 1. The van der Waals surface area contributed by atoms with Crippen LogP contribution in [0.3, 0.4) is 0 Å². The van der Waals surface area contributed by atoms with Gasteiger partial charge in [-0.1, -0.05) is 30.3 Å². The molecule has 25 heavy (non-hydrogen) atoms. The number of likely N-dealkylation sites (N-methyl/N-ethyl adjacent to an activating group) is 1. The van der Waals surface area contributed by atoms with Crippen LogP contribution in [0.15, 0.2) is 48.5 Å². The average Bonchev–Trinajstić information content (AvgIpc) is 2.61. The molecule has 1 atom stereocenters. The number of carbonyl (C=O) groups is 2. The minimum absolute atomic E-state index is 0.121. The molecule has 0 saturated carbocycles. The van der Waals surface area contributed by atoms with Gasteiger partial charge in [0.25, 0.3) is 0 Å². The summed E-state index contributed by atoms with van der Waals surface area (Å²) in [6, 6.07) is 11.6. The highest BCUT2D eigenvalue weighted by Crippen LogP contribution is 2.36. The lowest BCUT2D eigenvalue weighted by atomic mass is 9.81. The van der Waals surface area contributed by atoms with E-state index in [1.165, 1.54) is 37.4 Å². The van der Waals surface area contributed by atoms with Crippen molar-refractivity contribution < 1.29 is 29.0 Å². The fourth-order valence-corrected chi connectivity index (χ4v) is 2.52. The highest BCUT2D eigenvalue weighted by molar-refractivity contribution is 6.35. The third kappa shape index (κ3) is 3.84. The molecule has 2 aromatic rings. The predicted octanol–water partition coefficient (Wildman–Crippen LogP) is 1.88. The minimum Gasteiger partial charge on any atom is -0.497 e. The van der Waals surface area contributed by atoms with Gasteiger partial charge in [0.15, 0.2) is 0 Å². The first-order valence-electron chi connectivity index (χ1n) is 7.41. The second-order valence-corrected chi connectivity index (χ2v) is 5.50. The Hall–Kier alpha value is -2.77. The van der Waals surface area contributed by atoms with E-state index in [1.54, 1.807) is 12.1 Å². The van der Waals surface area contributed by atoms with E-state index in [4.69, 9.17) is 9.94 Å². The van der Waals surface area contributed by atoms with Gasteiger partial charge in [-0.15, -0.1) is 0 Å². The standard InChI is InChI=1S/C18H18FNO5/c1-20(24)17(22)16(21)11-18(23,14-8-3-4-9-15(14)19)12-6-5-7-13(10-12)25-2/h3-10,23-24H,11H2,1-2H3. The molecule has 132 valence electrons. The SMILES string of the molecule is COc1cccc(C(O)(CC(=O)C(=O)N(C)O)c2ccccc2F)c1. The van der Waals surface area contributed by atoms with Crippen molar-refractivity contribution in [3.05, 3.63) is 65.5 Å². The zero-order valence-corrected chi connectivity index (χ0v) is 13.8. The van der Waals surface area contributed by atoms with Gasteiger partial charge in [-0.05, 0) is 23.8 Å². The summed E-state index contributed by atoms with van der Waals surface area (Å²) in [7, 11) is 2.42. The van der Waals surface area contributed by atoms with Crippen LogP contribution in [0.2, 0.25) is 0 Å². The maximum Gasteiger partial charge on any atom is 0.313 e. The van der Waals surface area contributed by atoms with Crippen LogP contribution in [-0.4, -0.2) is 41.2 Å². The summed E-state index contributed by atoms with van der Waals surface area (Å²) < 4.78 is 19.4. The number of ketones is 1. The molecule has 7 heteroatoms. The Bertz CT molecular complexity index is 793. The molecule has 2 rings (SSSR count). The Balaban J connectivity index is 2.57. The number of carbonyl (C=O) groups excluding carboxylic acids is 2. The van der Waals surface area contributed by atoms with Crippen molar-refractivity contribution in [3.8, 4) is 5.75 Å². The molecule has 0 bridgehead atoms. The number of halogens is 1. The Morgan fingerprint density at radius 2 is 1.88 bits per heavy atom. The molecular weight excluding hydrogens is 329 g/mol. The molecule has 0 aliphatic carbocycles. The summed E-state index contributed by atoms with van der Waals surface area (Å²) in [6.45, 7) is 0. The van der Waals surface area contributed by atoms with E-state index in [9.17, 15) is 19.1 Å². The van der Waals surface area contributed by atoms with Crippen molar-refractivity contribution in [1.82, 2.24) is 5.06 Å². The fourth-order valence-electron chi connectivity index (χ4n) is 2.52. The van der Waals surface area contributed by atoms with Gasteiger partial charge < -0.3 is 9.84 Å². The Morgan fingerprint density at radius 3 is 2.48 bits per heavy atom. The van der Waals surface area contributed by atoms with Crippen molar-refractivity contribution in [2.24, 2.45) is 0 Å². The quantitative estimate of drug-likeness (QED) is 0.473. The maximum absolute atomic E-state index is 14.3. The fraction of sp³-hybridized carbons (Fsp3) is 0.222. The van der Waals surface area contributed by atoms with E-state index in [0.29, 0.717) is 5.75 Å². The number of hydrogen-bond acceptors (Lipinski definition) is 5. The topological polar surface area (TPSA) is 87.1 Å². The van der Waals surface area contributed by atoms with E-state index in [2.05, 4.69) is 0 Å². The van der Waals surface area contributed by atoms with Crippen molar-refractivity contribution in [2.45, 2.75) is 12.0 Å². The van der Waals surface area contributed by atoms with Gasteiger partial charge in [0, 0.05) is 12.6 Å². The summed E-state index contributed by atoms with van der Waals surface area (Å²) in [6.07, 6.45) is -0.745. The van der Waals surface area contributed by atoms with Crippen molar-refractivity contribution in [3.63, 3.8) is 0 Å². The summed E-state index contributed by atoms with van der Waals surface area (Å²) in [5.74, 6) is -2.62. The van der Waals surface area contributed by atoms with Crippen LogP contribution in [0.1, 0.15) is 17.5 Å². The van der Waals surface area contributed by atoms with Gasteiger partial charge in [0.2, 0.25) is 5.78 Å². The molecule has 0 spiro atoms. The van der Waals surface area contributed by atoms with Crippen LogP contribution in [0.5, 0.6) is 5.75 Å². The molecule has 0 heterocycles. The number of Topliss-reactive ketones (excluding diaryl/α,β-unsaturated/α-hetero) is 1. The molecule has 0 saturated heterocycles. The van der Waals surface area contributed by atoms with E-state index in [-0.39, 0.29) is 16.2 Å². The normalized spacial score (nSPS) is 13.0. The van der Waals surface area contributed by atoms with Crippen LogP contribution in [0.4, 0.5) is 4.39 Å². The highest BCUT2D eigenvalue weighted by Gasteiger charge is 2.39. The first kappa shape index (κ1) is 18.6. The third-order valence-corrected chi connectivity index (χ3v) is 3.82. The molecule has 0 aliphatic rings. The molecule has 0 radical (unpaired) electrons. The van der Waals surface area contributed by atoms with Crippen LogP contribution in [0, 0.1) is 5.82 Å². The van der Waals surface area contributed by atoms with Crippen molar-refractivity contribution in [1.29, 1.82) is 0 Å². The van der Waals surface area contributed by atoms with E-state index in [0.717, 1.165) is 13.1 Å². The van der Waals surface area contributed by atoms with Crippen molar-refractivity contribution >= 4 is 11.7 Å². The lowest BCUT2D eigenvalue weighted by Crippen LogP contribution is -2.38. The average molecular weight is 347 g/mol. The molecule has 0 aromatic heterocycles. The zero-order valence-electron chi connectivity index (χ0n) is 13.8. The van der Waals surface area contributed by atoms with E-state index < -0.39 is 29.5 Å². The minimum atomic E-state index is -2.11. The molecule has 0 fully saturated rings. The van der Waals surface area contributed by atoms with Gasteiger partial charge in [0.1, 0.15) is 17.2 Å². The lowest BCUT2D eigenvalue weighted by Gasteiger charge is -2.29. The number of nitrogens with zero attached hydrogens (tertiary/aromatic N) is 1. The number of aliphatic hydroxyl groups is 1. The van der Waals surface area contributed by atoms with Gasteiger partial charge >= 0.3 is 5.91 Å². The van der Waals surface area contributed by atoms with Gasteiger partial charge in [-0.2, -0.15) is 0 Å². The maximum atomic E-state index is 14.3. The number of hydrogen-bond donors (Lipinski definition) is 2. The van der Waals surface area contributed by atoms with Crippen LogP contribution >= 0.6 is 0 Å². The van der Waals surface area contributed by atoms with Gasteiger partial charge in [-0.25, -0.2) is 9.45 Å². The number of hydroxylamine groups is 2. The molecule has 2 N–H and O–H groups in total. The molecule has 2 aromatic carbocycles. The molecule has 1 unspecified atom stereocenters. The Morgan fingerprint density at radius 1 is 1.20 bits per heavy atom. The monoisotopic (exact) mass is 347 g/mol. The van der Waals surface area contributed by atoms with Gasteiger partial charge in [0.05, 0.1) is 13.5 Å². The van der Waals surface area contributed by atoms with Crippen LogP contribution < -0.4 is 4.74 Å². The second kappa shape index (κ2) is 7.42. The summed E-state index contributed by atoms with van der Waals surface area (Å²) in [4.78, 5) is 23.8. The number of amides is 1. The number of methoxy groups -OCH3 is 1. The zero-order chi connectivity index (χ0) is 18.6. The molecule has 0 aliphatic heterocycles. The van der Waals surface area contributed by atoms with Crippen LogP contribution in [0.25, 0.3) is 0 Å². The largest absolute Gasteiger partial charge is 0.497 e. The van der Waals surface area contributed by atoms with E-state index >= 15 is 0 Å². The first-order valence-corrected chi connectivity index (χ1v) is 7.41. The molecular formula is C18H18FNO5. The third-order valence-electron chi connectivity index (χ3n) is 3.82. The summed E-state index contributed by atoms with van der Waals surface area (Å²) in [5, 5.41) is 20.5. The Labute approximate surface area is 144 Å². The van der Waals surface area contributed by atoms with E-state index in [1.807, 2.05) is 0 Å². The Kier molecular flexibility index (Phi) is 5.51. The highest BCUT2D eigenvalue weighted by atomic mass is 19.1. The smallest absolute Gasteiger partial charge is 0.313 e. The summed E-state index contributed by atoms with van der Waals surface area (Å²) >= 11 is 0. The summed E-state index contributed by atoms with van der Waals surface area (Å²) in [5.41, 5.74) is -2.09. The van der Waals surface area contributed by atoms with Gasteiger partial charge in [-0.3, -0.25) is 14.8 Å². The lowest BCUT2D eigenvalue weighted by molar-refractivity contribution is -0.166. The number of rotatable bonds is 6. The molecule has 6 nitrogen and oxygen atoms in total.